The third-order valence-electron chi connectivity index (χ3n) is 4.42. The van der Waals surface area contributed by atoms with E-state index in [2.05, 4.69) is 15.6 Å². The van der Waals surface area contributed by atoms with Crippen LogP contribution >= 0.6 is 0 Å². The maximum Gasteiger partial charge on any atom is 0.251 e. The van der Waals surface area contributed by atoms with Gasteiger partial charge < -0.3 is 15.4 Å². The molecule has 1 aromatic heterocycles. The molecule has 154 valence electrons. The molecule has 0 aliphatic rings. The second-order valence-corrected chi connectivity index (χ2v) is 7.00. The number of carbonyl (C=O) groups excluding carboxylic acids is 2. The predicted molar refractivity (Wildman–Crippen MR) is 115 cm³/mol. The van der Waals surface area contributed by atoms with Crippen LogP contribution in [0.25, 0.3) is 0 Å². The van der Waals surface area contributed by atoms with Gasteiger partial charge in [0.2, 0.25) is 11.8 Å². The average molecular weight is 403 g/mol. The summed E-state index contributed by atoms with van der Waals surface area (Å²) >= 11 is 0. The summed E-state index contributed by atoms with van der Waals surface area (Å²) < 4.78 is 5.72. The zero-order valence-electron chi connectivity index (χ0n) is 16.9. The molecule has 0 bridgehead atoms. The Bertz CT molecular complexity index is 962. The van der Waals surface area contributed by atoms with E-state index in [0.717, 1.165) is 11.1 Å². The number of ether oxygens (including phenoxy) is 1. The zero-order chi connectivity index (χ0) is 21.2. The van der Waals surface area contributed by atoms with Crippen molar-refractivity contribution in [2.75, 3.05) is 0 Å². The monoisotopic (exact) mass is 403 g/mol. The lowest BCUT2D eigenvalue weighted by Crippen LogP contribution is -2.37. The highest BCUT2D eigenvalue weighted by atomic mass is 16.5. The second kappa shape index (κ2) is 10.8. The Kier molecular flexibility index (Phi) is 7.55. The average Bonchev–Trinajstić information content (AvgIpc) is 2.78. The smallest absolute Gasteiger partial charge is 0.251 e. The Morgan fingerprint density at radius 1 is 0.967 bits per heavy atom. The molecule has 0 saturated carbocycles. The van der Waals surface area contributed by atoms with E-state index in [1.807, 2.05) is 55.5 Å². The van der Waals surface area contributed by atoms with Crippen molar-refractivity contribution in [3.05, 3.63) is 95.7 Å². The van der Waals surface area contributed by atoms with Gasteiger partial charge in [-0.1, -0.05) is 48.5 Å². The highest BCUT2D eigenvalue weighted by molar-refractivity contribution is 5.94. The van der Waals surface area contributed by atoms with Crippen LogP contribution in [0.15, 0.2) is 79.0 Å². The number of amides is 2. The van der Waals surface area contributed by atoms with Gasteiger partial charge in [-0.05, 0) is 36.2 Å². The Morgan fingerprint density at radius 2 is 1.67 bits per heavy atom. The van der Waals surface area contributed by atoms with E-state index in [4.69, 9.17) is 4.74 Å². The van der Waals surface area contributed by atoms with Crippen LogP contribution in [0.3, 0.4) is 0 Å². The lowest BCUT2D eigenvalue weighted by atomic mass is 10.1. The molecule has 1 heterocycles. The first-order chi connectivity index (χ1) is 14.6. The van der Waals surface area contributed by atoms with Crippen LogP contribution in [0.5, 0.6) is 5.88 Å². The first-order valence-corrected chi connectivity index (χ1v) is 9.84. The Labute approximate surface area is 176 Å². The number of nitrogens with zero attached hydrogens (tertiary/aromatic N) is 1. The maximum atomic E-state index is 12.2. The van der Waals surface area contributed by atoms with E-state index < -0.39 is 0 Å². The van der Waals surface area contributed by atoms with Gasteiger partial charge in [-0.2, -0.15) is 0 Å². The Hall–Kier alpha value is -3.67. The molecule has 0 saturated heterocycles. The number of hydrogen-bond donors (Lipinski definition) is 2. The van der Waals surface area contributed by atoms with Crippen molar-refractivity contribution in [1.29, 1.82) is 0 Å². The van der Waals surface area contributed by atoms with E-state index in [-0.39, 0.29) is 24.3 Å². The lowest BCUT2D eigenvalue weighted by molar-refractivity contribution is -0.121. The fraction of sp³-hybridized carbons (Fsp3) is 0.208. The Balaban J connectivity index is 1.43. The third kappa shape index (κ3) is 6.74. The highest BCUT2D eigenvalue weighted by Crippen LogP contribution is 2.12. The highest BCUT2D eigenvalue weighted by Gasteiger charge is 2.13. The molecule has 0 fully saturated rings. The minimum absolute atomic E-state index is 0.139. The summed E-state index contributed by atoms with van der Waals surface area (Å²) in [5.74, 6) is 0.179. The van der Waals surface area contributed by atoms with Gasteiger partial charge in [-0.15, -0.1) is 0 Å². The quantitative estimate of drug-likeness (QED) is 0.573. The molecule has 6 heteroatoms. The Morgan fingerprint density at radius 3 is 2.40 bits per heavy atom. The molecule has 0 spiro atoms. The van der Waals surface area contributed by atoms with Crippen molar-refractivity contribution in [1.82, 2.24) is 15.6 Å². The van der Waals surface area contributed by atoms with Gasteiger partial charge in [0.1, 0.15) is 6.61 Å². The van der Waals surface area contributed by atoms with E-state index >= 15 is 0 Å². The molecule has 1 unspecified atom stereocenters. The topological polar surface area (TPSA) is 80.3 Å². The van der Waals surface area contributed by atoms with Gasteiger partial charge in [0.25, 0.3) is 5.91 Å². The van der Waals surface area contributed by atoms with Crippen LogP contribution < -0.4 is 15.4 Å². The molecule has 0 aliphatic heterocycles. The van der Waals surface area contributed by atoms with Gasteiger partial charge in [0, 0.05) is 36.8 Å². The SMILES string of the molecule is CC(CC(=O)NCc1ccnc(OCc2ccccc2)c1)NC(=O)c1ccccc1. The molecule has 2 N–H and O–H groups in total. The van der Waals surface area contributed by atoms with Crippen molar-refractivity contribution in [2.24, 2.45) is 0 Å². The van der Waals surface area contributed by atoms with Gasteiger partial charge in [-0.3, -0.25) is 9.59 Å². The number of benzene rings is 2. The predicted octanol–water partition coefficient (Wildman–Crippen LogP) is 3.49. The number of pyridine rings is 1. The van der Waals surface area contributed by atoms with Crippen LogP contribution in [0.2, 0.25) is 0 Å². The van der Waals surface area contributed by atoms with Crippen LogP contribution in [0.1, 0.15) is 34.8 Å². The molecular weight excluding hydrogens is 378 g/mol. The summed E-state index contributed by atoms with van der Waals surface area (Å²) in [4.78, 5) is 28.6. The molecular formula is C24H25N3O3. The van der Waals surface area contributed by atoms with Crippen molar-refractivity contribution in [3.63, 3.8) is 0 Å². The first kappa shape index (κ1) is 21.0. The molecule has 2 aromatic carbocycles. The van der Waals surface area contributed by atoms with Crippen molar-refractivity contribution >= 4 is 11.8 Å². The molecule has 0 aliphatic carbocycles. The van der Waals surface area contributed by atoms with Crippen molar-refractivity contribution < 1.29 is 14.3 Å². The van der Waals surface area contributed by atoms with E-state index in [1.54, 1.807) is 30.5 Å². The molecule has 0 radical (unpaired) electrons. The number of carbonyl (C=O) groups is 2. The molecule has 6 nitrogen and oxygen atoms in total. The lowest BCUT2D eigenvalue weighted by Gasteiger charge is -2.14. The summed E-state index contributed by atoms with van der Waals surface area (Å²) in [6, 6.07) is 22.2. The molecule has 3 rings (SSSR count). The second-order valence-electron chi connectivity index (χ2n) is 7.00. The van der Waals surface area contributed by atoms with Crippen molar-refractivity contribution in [2.45, 2.75) is 32.5 Å². The van der Waals surface area contributed by atoms with E-state index in [9.17, 15) is 9.59 Å². The third-order valence-corrected chi connectivity index (χ3v) is 4.42. The van der Waals surface area contributed by atoms with Crippen molar-refractivity contribution in [3.8, 4) is 5.88 Å². The van der Waals surface area contributed by atoms with Gasteiger partial charge in [0.05, 0.1) is 0 Å². The van der Waals surface area contributed by atoms with Gasteiger partial charge >= 0.3 is 0 Å². The summed E-state index contributed by atoms with van der Waals surface area (Å²) in [6.07, 6.45) is 1.85. The number of rotatable bonds is 9. The van der Waals surface area contributed by atoms with Gasteiger partial charge in [0.15, 0.2) is 0 Å². The summed E-state index contributed by atoms with van der Waals surface area (Å²) in [7, 11) is 0. The van der Waals surface area contributed by atoms with E-state index in [1.165, 1.54) is 0 Å². The largest absolute Gasteiger partial charge is 0.473 e. The summed E-state index contributed by atoms with van der Waals surface area (Å²) in [6.45, 7) is 2.60. The molecule has 3 aromatic rings. The van der Waals surface area contributed by atoms with Gasteiger partial charge in [-0.25, -0.2) is 4.98 Å². The fourth-order valence-electron chi connectivity index (χ4n) is 2.87. The summed E-state index contributed by atoms with van der Waals surface area (Å²) in [5.41, 5.74) is 2.52. The minimum atomic E-state index is -0.278. The molecule has 2 amide bonds. The zero-order valence-corrected chi connectivity index (χ0v) is 16.9. The fourth-order valence-corrected chi connectivity index (χ4v) is 2.87. The first-order valence-electron chi connectivity index (χ1n) is 9.84. The number of nitrogens with one attached hydrogen (secondary N) is 2. The van der Waals surface area contributed by atoms with Crippen LogP contribution in [-0.2, 0) is 17.9 Å². The number of hydrogen-bond acceptors (Lipinski definition) is 4. The van der Waals surface area contributed by atoms with Crippen LogP contribution in [0.4, 0.5) is 0 Å². The molecule has 1 atom stereocenters. The van der Waals surface area contributed by atoms with Crippen LogP contribution in [0, 0.1) is 0 Å². The molecule has 30 heavy (non-hydrogen) atoms. The van der Waals surface area contributed by atoms with E-state index in [0.29, 0.717) is 24.6 Å². The maximum absolute atomic E-state index is 12.2. The summed E-state index contributed by atoms with van der Waals surface area (Å²) in [5, 5.41) is 5.71. The van der Waals surface area contributed by atoms with Crippen LogP contribution in [-0.4, -0.2) is 22.8 Å². The normalized spacial score (nSPS) is 11.4. The minimum Gasteiger partial charge on any atom is -0.473 e. The number of aromatic nitrogens is 1. The standard InChI is InChI=1S/C24H25N3O3/c1-18(27-24(29)21-10-6-3-7-11-21)14-22(28)26-16-20-12-13-25-23(15-20)30-17-19-8-4-2-5-9-19/h2-13,15,18H,14,16-17H2,1H3,(H,26,28)(H,27,29).